The van der Waals surface area contributed by atoms with Gasteiger partial charge in [0.15, 0.2) is 0 Å². The molecular formula is C16H30. The molecule has 16 heavy (non-hydrogen) atoms. The van der Waals surface area contributed by atoms with E-state index in [9.17, 15) is 0 Å². The molecule has 2 unspecified atom stereocenters. The van der Waals surface area contributed by atoms with Crippen LogP contribution in [0, 0.1) is 23.7 Å². The normalized spacial score (nSPS) is 33.9. The third-order valence-electron chi connectivity index (χ3n) is 5.24. The smallest absolute Gasteiger partial charge is 0.0355 e. The molecule has 94 valence electrons. The maximum absolute atomic E-state index is 2.46. The van der Waals surface area contributed by atoms with E-state index in [0.717, 1.165) is 23.7 Å². The van der Waals surface area contributed by atoms with Gasteiger partial charge in [-0.15, -0.1) is 0 Å². The molecule has 2 rings (SSSR count). The molecule has 0 aromatic carbocycles. The van der Waals surface area contributed by atoms with Gasteiger partial charge in [-0.3, -0.25) is 0 Å². The van der Waals surface area contributed by atoms with Gasteiger partial charge in [-0.25, -0.2) is 0 Å². The minimum absolute atomic E-state index is 0.925. The molecule has 0 nitrogen and oxygen atoms in total. The van der Waals surface area contributed by atoms with Gasteiger partial charge in [-0.2, -0.15) is 0 Å². The molecule has 0 bridgehead atoms. The van der Waals surface area contributed by atoms with Crippen LogP contribution in [0.25, 0.3) is 0 Å². The summed E-state index contributed by atoms with van der Waals surface area (Å²) in [4.78, 5) is 0. The van der Waals surface area contributed by atoms with Crippen molar-refractivity contribution in [3.8, 4) is 0 Å². The van der Waals surface area contributed by atoms with Crippen LogP contribution in [0.5, 0.6) is 0 Å². The summed E-state index contributed by atoms with van der Waals surface area (Å²) in [7, 11) is 0. The van der Waals surface area contributed by atoms with Gasteiger partial charge in [-0.1, -0.05) is 65.2 Å². The van der Waals surface area contributed by atoms with E-state index in [1.54, 1.807) is 19.3 Å². The molecule has 0 spiro atoms. The van der Waals surface area contributed by atoms with Crippen LogP contribution in [0.1, 0.15) is 78.1 Å². The van der Waals surface area contributed by atoms with Crippen LogP contribution in [0.4, 0.5) is 0 Å². The monoisotopic (exact) mass is 222 g/mol. The second kappa shape index (κ2) is 6.07. The molecule has 2 atom stereocenters. The summed E-state index contributed by atoms with van der Waals surface area (Å²) in [6.07, 6.45) is 15.3. The molecule has 0 radical (unpaired) electrons. The molecule has 2 saturated carbocycles. The minimum Gasteiger partial charge on any atom is -0.0625 e. The Labute approximate surface area is 102 Å². The number of hydrogen-bond donors (Lipinski definition) is 0. The van der Waals surface area contributed by atoms with E-state index < -0.39 is 0 Å². The van der Waals surface area contributed by atoms with Crippen molar-refractivity contribution < 1.29 is 0 Å². The van der Waals surface area contributed by atoms with Crippen LogP contribution in [-0.2, 0) is 0 Å². The Kier molecular flexibility index (Phi) is 4.73. The molecule has 0 N–H and O–H groups in total. The fraction of sp³-hybridized carbons (Fsp3) is 1.00. The quantitative estimate of drug-likeness (QED) is 0.547. The molecule has 2 aliphatic rings. The molecule has 0 heterocycles. The molecule has 0 aromatic heterocycles. The number of hydrogen-bond acceptors (Lipinski definition) is 0. The fourth-order valence-corrected chi connectivity index (χ4v) is 4.34. The highest BCUT2D eigenvalue weighted by atomic mass is 14.4. The van der Waals surface area contributed by atoms with Crippen molar-refractivity contribution in [3.63, 3.8) is 0 Å². The van der Waals surface area contributed by atoms with Crippen molar-refractivity contribution >= 4 is 0 Å². The van der Waals surface area contributed by atoms with Crippen LogP contribution >= 0.6 is 0 Å². The van der Waals surface area contributed by atoms with E-state index in [-0.39, 0.29) is 0 Å². The Morgan fingerprint density at radius 2 is 1.25 bits per heavy atom. The first kappa shape index (κ1) is 12.5. The van der Waals surface area contributed by atoms with Gasteiger partial charge >= 0.3 is 0 Å². The molecule has 0 saturated heterocycles. The Bertz CT molecular complexity index is 186. The van der Waals surface area contributed by atoms with Gasteiger partial charge in [-0.05, 0) is 36.5 Å². The topological polar surface area (TPSA) is 0 Å². The molecule has 0 amide bonds. The van der Waals surface area contributed by atoms with E-state index in [1.807, 2.05) is 0 Å². The Balaban J connectivity index is 1.97. The number of rotatable bonds is 2. The first-order valence-corrected chi connectivity index (χ1v) is 7.79. The summed E-state index contributed by atoms with van der Waals surface area (Å²) in [5, 5.41) is 0. The first-order chi connectivity index (χ1) is 7.79. The lowest BCUT2D eigenvalue weighted by molar-refractivity contribution is 0.110. The highest BCUT2D eigenvalue weighted by molar-refractivity contribution is 4.83. The lowest BCUT2D eigenvalue weighted by Gasteiger charge is -2.39. The summed E-state index contributed by atoms with van der Waals surface area (Å²) in [6.45, 7) is 4.92. The van der Waals surface area contributed by atoms with E-state index in [2.05, 4.69) is 13.8 Å². The van der Waals surface area contributed by atoms with Crippen LogP contribution < -0.4 is 0 Å². The third kappa shape index (κ3) is 3.02. The summed E-state index contributed by atoms with van der Waals surface area (Å²) < 4.78 is 0. The lowest BCUT2D eigenvalue weighted by atomic mass is 9.66. The zero-order valence-electron chi connectivity index (χ0n) is 11.4. The van der Waals surface area contributed by atoms with Gasteiger partial charge in [0.05, 0.1) is 0 Å². The van der Waals surface area contributed by atoms with Gasteiger partial charge in [0.2, 0.25) is 0 Å². The highest BCUT2D eigenvalue weighted by Gasteiger charge is 2.33. The van der Waals surface area contributed by atoms with Crippen molar-refractivity contribution in [2.75, 3.05) is 0 Å². The second-order valence-corrected chi connectivity index (χ2v) is 6.61. The van der Waals surface area contributed by atoms with E-state index in [1.165, 1.54) is 44.9 Å². The zero-order valence-corrected chi connectivity index (χ0v) is 11.4. The maximum Gasteiger partial charge on any atom is -0.0355 e. The van der Waals surface area contributed by atoms with Crippen LogP contribution in [-0.4, -0.2) is 0 Å². The highest BCUT2D eigenvalue weighted by Crippen LogP contribution is 2.43. The summed E-state index contributed by atoms with van der Waals surface area (Å²) in [5.41, 5.74) is 0. The van der Waals surface area contributed by atoms with Crippen molar-refractivity contribution in [3.05, 3.63) is 0 Å². The largest absolute Gasteiger partial charge is 0.0625 e. The van der Waals surface area contributed by atoms with Crippen LogP contribution in [0.2, 0.25) is 0 Å². The SMILES string of the molecule is CC(C)C1CCCCC1C1CCCCCC1. The molecule has 0 aromatic rings. The summed E-state index contributed by atoms with van der Waals surface area (Å²) in [6, 6.07) is 0. The van der Waals surface area contributed by atoms with E-state index >= 15 is 0 Å². The van der Waals surface area contributed by atoms with Gasteiger partial charge in [0.1, 0.15) is 0 Å². The zero-order chi connectivity index (χ0) is 11.4. The van der Waals surface area contributed by atoms with Crippen LogP contribution in [0.3, 0.4) is 0 Å². The Hall–Kier alpha value is 0. The average Bonchev–Trinajstić information content (AvgIpc) is 2.57. The van der Waals surface area contributed by atoms with Crippen molar-refractivity contribution in [1.29, 1.82) is 0 Å². The average molecular weight is 222 g/mol. The molecule has 2 aliphatic carbocycles. The van der Waals surface area contributed by atoms with Crippen LogP contribution in [0.15, 0.2) is 0 Å². The van der Waals surface area contributed by atoms with Gasteiger partial charge in [0, 0.05) is 0 Å². The predicted molar refractivity (Wildman–Crippen MR) is 71.5 cm³/mol. The second-order valence-electron chi connectivity index (χ2n) is 6.61. The molecule has 2 fully saturated rings. The van der Waals surface area contributed by atoms with Gasteiger partial charge < -0.3 is 0 Å². The maximum atomic E-state index is 2.46. The van der Waals surface area contributed by atoms with Crippen molar-refractivity contribution in [2.24, 2.45) is 23.7 Å². The molecule has 0 aliphatic heterocycles. The van der Waals surface area contributed by atoms with Crippen molar-refractivity contribution in [2.45, 2.75) is 78.1 Å². The summed E-state index contributed by atoms with van der Waals surface area (Å²) >= 11 is 0. The predicted octanol–water partition coefficient (Wildman–Crippen LogP) is 5.42. The van der Waals surface area contributed by atoms with Gasteiger partial charge in [0.25, 0.3) is 0 Å². The van der Waals surface area contributed by atoms with E-state index in [4.69, 9.17) is 0 Å². The minimum atomic E-state index is 0.925. The van der Waals surface area contributed by atoms with Crippen molar-refractivity contribution in [1.82, 2.24) is 0 Å². The summed E-state index contributed by atoms with van der Waals surface area (Å²) in [5.74, 6) is 4.16. The Morgan fingerprint density at radius 1 is 0.688 bits per heavy atom. The third-order valence-corrected chi connectivity index (χ3v) is 5.24. The molecular weight excluding hydrogens is 192 g/mol. The standard InChI is InChI=1S/C16H30/c1-13(2)15-11-7-8-12-16(15)14-9-5-3-4-6-10-14/h13-16H,3-12H2,1-2H3. The Morgan fingerprint density at radius 3 is 1.88 bits per heavy atom. The van der Waals surface area contributed by atoms with E-state index in [0.29, 0.717) is 0 Å². The fourth-order valence-electron chi connectivity index (χ4n) is 4.34. The first-order valence-electron chi connectivity index (χ1n) is 7.79. The lowest BCUT2D eigenvalue weighted by Crippen LogP contribution is -2.30. The molecule has 0 heteroatoms.